The van der Waals surface area contributed by atoms with Crippen molar-refractivity contribution < 1.29 is 4.79 Å². The molecule has 0 aliphatic heterocycles. The molecule has 0 aromatic carbocycles. The SMILES string of the molecule is O=C(Nc1ccc(Cl)nc1)C1CCC2CC2C1. The molecule has 17 heavy (non-hydrogen) atoms. The van der Waals surface area contributed by atoms with Gasteiger partial charge < -0.3 is 5.32 Å². The topological polar surface area (TPSA) is 42.0 Å². The van der Waals surface area contributed by atoms with Crippen LogP contribution < -0.4 is 5.32 Å². The molecule has 1 N–H and O–H groups in total. The van der Waals surface area contributed by atoms with Gasteiger partial charge >= 0.3 is 0 Å². The van der Waals surface area contributed by atoms with Gasteiger partial charge in [0.15, 0.2) is 0 Å². The Bertz CT molecular complexity index is 432. The van der Waals surface area contributed by atoms with Gasteiger partial charge in [0.2, 0.25) is 5.91 Å². The summed E-state index contributed by atoms with van der Waals surface area (Å²) in [7, 11) is 0. The highest BCUT2D eigenvalue weighted by Crippen LogP contribution is 2.51. The highest BCUT2D eigenvalue weighted by molar-refractivity contribution is 6.29. The van der Waals surface area contributed by atoms with Gasteiger partial charge in [-0.25, -0.2) is 4.98 Å². The van der Waals surface area contributed by atoms with Crippen LogP contribution in [0.3, 0.4) is 0 Å². The van der Waals surface area contributed by atoms with Crippen molar-refractivity contribution in [3.63, 3.8) is 0 Å². The third-order valence-corrected chi connectivity index (χ3v) is 4.13. The largest absolute Gasteiger partial charge is 0.324 e. The second kappa shape index (κ2) is 4.30. The molecular weight excluding hydrogens is 236 g/mol. The monoisotopic (exact) mass is 250 g/mol. The van der Waals surface area contributed by atoms with Crippen LogP contribution in [0.15, 0.2) is 18.3 Å². The van der Waals surface area contributed by atoms with E-state index in [1.54, 1.807) is 18.3 Å². The summed E-state index contributed by atoms with van der Waals surface area (Å²) < 4.78 is 0. The third-order valence-electron chi connectivity index (χ3n) is 3.91. The predicted molar refractivity (Wildman–Crippen MR) is 66.8 cm³/mol. The van der Waals surface area contributed by atoms with E-state index >= 15 is 0 Å². The molecule has 4 heteroatoms. The molecule has 1 aromatic heterocycles. The second-order valence-corrected chi connectivity index (χ2v) is 5.51. The molecule has 1 heterocycles. The zero-order chi connectivity index (χ0) is 11.8. The van der Waals surface area contributed by atoms with Gasteiger partial charge in [-0.15, -0.1) is 0 Å². The summed E-state index contributed by atoms with van der Waals surface area (Å²) >= 11 is 5.70. The van der Waals surface area contributed by atoms with Crippen molar-refractivity contribution in [1.82, 2.24) is 4.98 Å². The number of amides is 1. The van der Waals surface area contributed by atoms with Gasteiger partial charge in [0, 0.05) is 5.92 Å². The summed E-state index contributed by atoms with van der Waals surface area (Å²) in [6, 6.07) is 3.48. The standard InChI is InChI=1S/C13H15ClN2O/c14-12-4-3-11(7-15-12)16-13(17)9-2-1-8-5-10(8)6-9/h3-4,7-10H,1-2,5-6H2,(H,16,17). The molecule has 1 aromatic rings. The summed E-state index contributed by atoms with van der Waals surface area (Å²) in [4.78, 5) is 16.0. The van der Waals surface area contributed by atoms with E-state index in [4.69, 9.17) is 11.6 Å². The number of carbonyl (C=O) groups is 1. The van der Waals surface area contributed by atoms with Crippen LogP contribution in [0.2, 0.25) is 5.15 Å². The third kappa shape index (κ3) is 2.44. The molecule has 0 bridgehead atoms. The number of carbonyl (C=O) groups excluding carboxylic acids is 1. The lowest BCUT2D eigenvalue weighted by atomic mass is 9.88. The van der Waals surface area contributed by atoms with Gasteiger partial charge in [-0.2, -0.15) is 0 Å². The Morgan fingerprint density at radius 3 is 2.88 bits per heavy atom. The van der Waals surface area contributed by atoms with Crippen molar-refractivity contribution in [2.24, 2.45) is 17.8 Å². The molecule has 1 amide bonds. The van der Waals surface area contributed by atoms with E-state index in [-0.39, 0.29) is 11.8 Å². The Kier molecular flexibility index (Phi) is 2.79. The van der Waals surface area contributed by atoms with Gasteiger partial charge in [-0.1, -0.05) is 11.6 Å². The van der Waals surface area contributed by atoms with Crippen LogP contribution in [0.5, 0.6) is 0 Å². The lowest BCUT2D eigenvalue weighted by molar-refractivity contribution is -0.120. The molecular formula is C13H15ClN2O. The quantitative estimate of drug-likeness (QED) is 0.820. The Morgan fingerprint density at radius 1 is 1.29 bits per heavy atom. The molecule has 0 radical (unpaired) electrons. The average molecular weight is 251 g/mol. The van der Waals surface area contributed by atoms with E-state index in [9.17, 15) is 4.79 Å². The zero-order valence-electron chi connectivity index (χ0n) is 9.53. The van der Waals surface area contributed by atoms with E-state index in [0.29, 0.717) is 5.15 Å². The van der Waals surface area contributed by atoms with Gasteiger partial charge in [0.25, 0.3) is 0 Å². The van der Waals surface area contributed by atoms with Crippen molar-refractivity contribution >= 4 is 23.2 Å². The summed E-state index contributed by atoms with van der Waals surface area (Å²) in [6.07, 6.45) is 6.27. The van der Waals surface area contributed by atoms with Crippen LogP contribution >= 0.6 is 11.6 Å². The van der Waals surface area contributed by atoms with Gasteiger partial charge in [0.1, 0.15) is 5.15 Å². The Labute approximate surface area is 106 Å². The average Bonchev–Trinajstić information content (AvgIpc) is 3.10. The van der Waals surface area contributed by atoms with Crippen LogP contribution in [-0.4, -0.2) is 10.9 Å². The molecule has 0 saturated heterocycles. The van der Waals surface area contributed by atoms with Crippen molar-refractivity contribution in [3.05, 3.63) is 23.5 Å². The summed E-state index contributed by atoms with van der Waals surface area (Å²) in [6.45, 7) is 0. The first-order chi connectivity index (χ1) is 8.22. The number of fused-ring (bicyclic) bond motifs is 1. The second-order valence-electron chi connectivity index (χ2n) is 5.12. The minimum absolute atomic E-state index is 0.138. The fourth-order valence-electron chi connectivity index (χ4n) is 2.78. The van der Waals surface area contributed by atoms with E-state index in [1.165, 1.54) is 12.8 Å². The van der Waals surface area contributed by atoms with Crippen molar-refractivity contribution in [2.75, 3.05) is 5.32 Å². The summed E-state index contributed by atoms with van der Waals surface area (Å²) in [5.74, 6) is 2.08. The molecule has 3 unspecified atom stereocenters. The first kappa shape index (κ1) is 11.0. The Hall–Kier alpha value is -1.09. The molecule has 0 spiro atoms. The Morgan fingerprint density at radius 2 is 2.18 bits per heavy atom. The smallest absolute Gasteiger partial charge is 0.227 e. The highest BCUT2D eigenvalue weighted by Gasteiger charge is 2.43. The molecule has 90 valence electrons. The number of anilines is 1. The number of hydrogen-bond acceptors (Lipinski definition) is 2. The minimum Gasteiger partial charge on any atom is -0.324 e. The lowest BCUT2D eigenvalue weighted by Crippen LogP contribution is -2.25. The molecule has 3 rings (SSSR count). The molecule has 2 aliphatic carbocycles. The van der Waals surface area contributed by atoms with Crippen LogP contribution in [0.25, 0.3) is 0 Å². The van der Waals surface area contributed by atoms with E-state index < -0.39 is 0 Å². The Balaban J connectivity index is 1.60. The predicted octanol–water partition coefficient (Wildman–Crippen LogP) is 3.11. The lowest BCUT2D eigenvalue weighted by Gasteiger charge is -2.20. The minimum atomic E-state index is 0.138. The van der Waals surface area contributed by atoms with Crippen LogP contribution in [-0.2, 0) is 4.79 Å². The first-order valence-corrected chi connectivity index (χ1v) is 6.52. The van der Waals surface area contributed by atoms with Crippen molar-refractivity contribution in [2.45, 2.75) is 25.7 Å². The number of rotatable bonds is 2. The molecule has 2 fully saturated rings. The molecule has 3 nitrogen and oxygen atoms in total. The van der Waals surface area contributed by atoms with Gasteiger partial charge in [0.05, 0.1) is 11.9 Å². The number of pyridine rings is 1. The first-order valence-electron chi connectivity index (χ1n) is 6.15. The summed E-state index contributed by atoms with van der Waals surface area (Å²) in [5, 5.41) is 3.36. The van der Waals surface area contributed by atoms with Gasteiger partial charge in [-0.3, -0.25) is 4.79 Å². The highest BCUT2D eigenvalue weighted by atomic mass is 35.5. The summed E-state index contributed by atoms with van der Waals surface area (Å²) in [5.41, 5.74) is 0.734. The number of aromatic nitrogens is 1. The van der Waals surface area contributed by atoms with Crippen LogP contribution in [0, 0.1) is 17.8 Å². The fraction of sp³-hybridized carbons (Fsp3) is 0.538. The van der Waals surface area contributed by atoms with Crippen molar-refractivity contribution in [3.8, 4) is 0 Å². The maximum atomic E-state index is 12.0. The van der Waals surface area contributed by atoms with Crippen LogP contribution in [0.4, 0.5) is 5.69 Å². The van der Waals surface area contributed by atoms with E-state index in [1.807, 2.05) is 0 Å². The van der Waals surface area contributed by atoms with E-state index in [0.717, 1.165) is 30.4 Å². The maximum absolute atomic E-state index is 12.0. The van der Waals surface area contributed by atoms with Crippen molar-refractivity contribution in [1.29, 1.82) is 0 Å². The number of nitrogens with one attached hydrogen (secondary N) is 1. The molecule has 3 atom stereocenters. The molecule has 2 saturated carbocycles. The van der Waals surface area contributed by atoms with Gasteiger partial charge in [-0.05, 0) is 49.7 Å². The normalized spacial score (nSPS) is 30.5. The molecule has 2 aliphatic rings. The number of nitrogens with zero attached hydrogens (tertiary/aromatic N) is 1. The number of hydrogen-bond donors (Lipinski definition) is 1. The van der Waals surface area contributed by atoms with E-state index in [2.05, 4.69) is 10.3 Å². The fourth-order valence-corrected chi connectivity index (χ4v) is 2.90. The zero-order valence-corrected chi connectivity index (χ0v) is 10.3. The number of halogens is 1. The van der Waals surface area contributed by atoms with Crippen LogP contribution in [0.1, 0.15) is 25.7 Å². The maximum Gasteiger partial charge on any atom is 0.227 e.